The van der Waals surface area contributed by atoms with Gasteiger partial charge in [-0.15, -0.1) is 0 Å². The molecule has 1 aromatic heterocycles. The molecule has 1 aliphatic heterocycles. The highest BCUT2D eigenvalue weighted by Crippen LogP contribution is 2.35. The Morgan fingerprint density at radius 2 is 1.93 bits per heavy atom. The SMILES string of the molecule is CCn1cc(C(=O)N[C@@H](C(=O)N(C)CCO)C(C)C)c(=O)c2cc3c(cc21)OCO3. The fourth-order valence-electron chi connectivity index (χ4n) is 3.43. The van der Waals surface area contributed by atoms with Crippen LogP contribution in [0.4, 0.5) is 0 Å². The zero-order valence-electron chi connectivity index (χ0n) is 17.6. The van der Waals surface area contributed by atoms with Crippen molar-refractivity contribution in [2.45, 2.75) is 33.4 Å². The second-order valence-corrected chi connectivity index (χ2v) is 7.56. The number of rotatable bonds is 7. The van der Waals surface area contributed by atoms with Gasteiger partial charge in [0, 0.05) is 32.4 Å². The summed E-state index contributed by atoms with van der Waals surface area (Å²) in [6.45, 7) is 6.11. The molecule has 2 heterocycles. The molecule has 0 saturated carbocycles. The minimum Gasteiger partial charge on any atom is -0.454 e. The smallest absolute Gasteiger partial charge is 0.257 e. The molecule has 0 unspecified atom stereocenters. The van der Waals surface area contributed by atoms with Crippen molar-refractivity contribution >= 4 is 22.7 Å². The fraction of sp³-hybridized carbons (Fsp3) is 0.476. The largest absolute Gasteiger partial charge is 0.454 e. The van der Waals surface area contributed by atoms with Gasteiger partial charge in [0.05, 0.1) is 17.5 Å². The number of benzene rings is 1. The lowest BCUT2D eigenvalue weighted by Crippen LogP contribution is -2.51. The first-order chi connectivity index (χ1) is 14.3. The number of aromatic nitrogens is 1. The molecule has 0 aliphatic carbocycles. The highest BCUT2D eigenvalue weighted by atomic mass is 16.7. The monoisotopic (exact) mass is 417 g/mol. The van der Waals surface area contributed by atoms with Crippen LogP contribution in [0.25, 0.3) is 10.9 Å². The number of pyridine rings is 1. The zero-order chi connectivity index (χ0) is 22.0. The summed E-state index contributed by atoms with van der Waals surface area (Å²) < 4.78 is 12.6. The Balaban J connectivity index is 2.00. The molecule has 2 N–H and O–H groups in total. The molecule has 9 nitrogen and oxygen atoms in total. The maximum atomic E-state index is 13.1. The van der Waals surface area contributed by atoms with Crippen molar-refractivity contribution in [2.75, 3.05) is 27.0 Å². The molecule has 0 bridgehead atoms. The predicted molar refractivity (Wildman–Crippen MR) is 111 cm³/mol. The van der Waals surface area contributed by atoms with Crippen LogP contribution in [0.15, 0.2) is 23.1 Å². The Labute approximate surface area is 174 Å². The summed E-state index contributed by atoms with van der Waals surface area (Å²) >= 11 is 0. The maximum Gasteiger partial charge on any atom is 0.257 e. The number of aliphatic hydroxyl groups is 1. The maximum absolute atomic E-state index is 13.1. The molecule has 0 fully saturated rings. The first-order valence-electron chi connectivity index (χ1n) is 9.92. The van der Waals surface area contributed by atoms with Gasteiger partial charge in [0.15, 0.2) is 11.5 Å². The highest BCUT2D eigenvalue weighted by Gasteiger charge is 2.29. The molecule has 30 heavy (non-hydrogen) atoms. The van der Waals surface area contributed by atoms with E-state index in [1.165, 1.54) is 11.1 Å². The number of aliphatic hydroxyl groups excluding tert-OH is 1. The number of likely N-dealkylation sites (N-methyl/N-ethyl adjacent to an activating group) is 1. The van der Waals surface area contributed by atoms with Crippen LogP contribution in [0.1, 0.15) is 31.1 Å². The van der Waals surface area contributed by atoms with E-state index < -0.39 is 17.4 Å². The molecule has 9 heteroatoms. The van der Waals surface area contributed by atoms with Gasteiger partial charge in [-0.25, -0.2) is 0 Å². The summed E-state index contributed by atoms with van der Waals surface area (Å²) in [4.78, 5) is 40.1. The van der Waals surface area contributed by atoms with Crippen LogP contribution >= 0.6 is 0 Å². The van der Waals surface area contributed by atoms with Crippen molar-refractivity contribution < 1.29 is 24.2 Å². The third-order valence-corrected chi connectivity index (χ3v) is 5.19. The summed E-state index contributed by atoms with van der Waals surface area (Å²) in [5.74, 6) is -0.136. The van der Waals surface area contributed by atoms with Crippen LogP contribution in [0, 0.1) is 5.92 Å². The van der Waals surface area contributed by atoms with Gasteiger partial charge in [0.25, 0.3) is 5.91 Å². The molecule has 1 atom stereocenters. The van der Waals surface area contributed by atoms with Crippen molar-refractivity contribution in [3.05, 3.63) is 34.1 Å². The second kappa shape index (κ2) is 8.74. The molecular formula is C21H27N3O6. The number of carbonyl (C=O) groups excluding carboxylic acids is 2. The molecular weight excluding hydrogens is 390 g/mol. The average molecular weight is 417 g/mol. The Morgan fingerprint density at radius 1 is 1.27 bits per heavy atom. The first kappa shape index (κ1) is 21.6. The Morgan fingerprint density at radius 3 is 2.53 bits per heavy atom. The number of fused-ring (bicyclic) bond motifs is 2. The van der Waals surface area contributed by atoms with Crippen molar-refractivity contribution in [3.8, 4) is 11.5 Å². The zero-order valence-corrected chi connectivity index (χ0v) is 17.6. The first-order valence-corrected chi connectivity index (χ1v) is 9.92. The van der Waals surface area contributed by atoms with Crippen molar-refractivity contribution in [1.29, 1.82) is 0 Å². The molecule has 1 aliphatic rings. The van der Waals surface area contributed by atoms with E-state index in [-0.39, 0.29) is 37.3 Å². The van der Waals surface area contributed by atoms with Crippen LogP contribution in [0.3, 0.4) is 0 Å². The number of aryl methyl sites for hydroxylation is 1. The van der Waals surface area contributed by atoms with Crippen LogP contribution in [-0.2, 0) is 11.3 Å². The lowest BCUT2D eigenvalue weighted by molar-refractivity contribution is -0.133. The Bertz CT molecular complexity index is 1030. The molecule has 0 spiro atoms. The number of ether oxygens (including phenoxy) is 2. The minimum absolute atomic E-state index is 0.0496. The van der Waals surface area contributed by atoms with E-state index in [4.69, 9.17) is 14.6 Å². The van der Waals surface area contributed by atoms with Gasteiger partial charge in [0.2, 0.25) is 18.1 Å². The third kappa shape index (κ3) is 3.97. The minimum atomic E-state index is -0.823. The number of hydrogen-bond acceptors (Lipinski definition) is 6. The van der Waals surface area contributed by atoms with E-state index in [1.54, 1.807) is 37.6 Å². The van der Waals surface area contributed by atoms with E-state index in [1.807, 2.05) is 6.92 Å². The normalized spacial score (nSPS) is 13.5. The van der Waals surface area contributed by atoms with Crippen LogP contribution in [0.5, 0.6) is 11.5 Å². The van der Waals surface area contributed by atoms with Gasteiger partial charge in [-0.2, -0.15) is 0 Å². The fourth-order valence-corrected chi connectivity index (χ4v) is 3.43. The quantitative estimate of drug-likeness (QED) is 0.694. The van der Waals surface area contributed by atoms with Crippen LogP contribution in [0.2, 0.25) is 0 Å². The lowest BCUT2D eigenvalue weighted by atomic mass is 10.0. The average Bonchev–Trinajstić information content (AvgIpc) is 3.18. The van der Waals surface area contributed by atoms with E-state index in [0.29, 0.717) is 28.9 Å². The van der Waals surface area contributed by atoms with Gasteiger partial charge in [-0.3, -0.25) is 14.4 Å². The van der Waals surface area contributed by atoms with E-state index in [9.17, 15) is 14.4 Å². The number of amides is 2. The highest BCUT2D eigenvalue weighted by molar-refractivity contribution is 6.00. The Kier molecular flexibility index (Phi) is 6.31. The summed E-state index contributed by atoms with van der Waals surface area (Å²) in [6.07, 6.45) is 1.50. The molecule has 162 valence electrons. The van der Waals surface area contributed by atoms with E-state index in [0.717, 1.165) is 0 Å². The third-order valence-electron chi connectivity index (χ3n) is 5.19. The van der Waals surface area contributed by atoms with Gasteiger partial charge in [-0.05, 0) is 18.9 Å². The number of nitrogens with zero attached hydrogens (tertiary/aromatic N) is 2. The topological polar surface area (TPSA) is 110 Å². The molecule has 3 rings (SSSR count). The Hall–Kier alpha value is -3.07. The van der Waals surface area contributed by atoms with Crippen LogP contribution < -0.4 is 20.2 Å². The van der Waals surface area contributed by atoms with Gasteiger partial charge in [0.1, 0.15) is 11.6 Å². The number of nitrogens with one attached hydrogen (secondary N) is 1. The number of carbonyl (C=O) groups is 2. The lowest BCUT2D eigenvalue weighted by Gasteiger charge is -2.26. The van der Waals surface area contributed by atoms with Crippen LogP contribution in [-0.4, -0.2) is 59.4 Å². The molecule has 1 aromatic carbocycles. The van der Waals surface area contributed by atoms with Gasteiger partial charge < -0.3 is 29.4 Å². The van der Waals surface area contributed by atoms with Crippen molar-refractivity contribution in [3.63, 3.8) is 0 Å². The summed E-state index contributed by atoms with van der Waals surface area (Å²) in [5, 5.41) is 12.1. The number of hydrogen-bond donors (Lipinski definition) is 2. The van der Waals surface area contributed by atoms with Crippen molar-refractivity contribution in [2.24, 2.45) is 5.92 Å². The van der Waals surface area contributed by atoms with Gasteiger partial charge in [-0.1, -0.05) is 13.8 Å². The predicted octanol–water partition coefficient (Wildman–Crippen LogP) is 0.955. The van der Waals surface area contributed by atoms with Crippen molar-refractivity contribution in [1.82, 2.24) is 14.8 Å². The van der Waals surface area contributed by atoms with Gasteiger partial charge >= 0.3 is 0 Å². The summed E-state index contributed by atoms with van der Waals surface area (Å²) in [5.41, 5.74) is 0.151. The standard InChI is InChI=1S/C21H27N3O6/c1-5-24-10-14(19(26)13-8-16-17(9-15(13)24)30-11-29-16)20(27)22-18(12(2)3)21(28)23(4)6-7-25/h8-10,12,18,25H,5-7,11H2,1-4H3,(H,22,27)/t18-/m1/s1. The second-order valence-electron chi connectivity index (χ2n) is 7.56. The molecule has 0 radical (unpaired) electrons. The summed E-state index contributed by atoms with van der Waals surface area (Å²) in [6, 6.07) is 2.49. The molecule has 2 aromatic rings. The van der Waals surface area contributed by atoms with E-state index in [2.05, 4.69) is 5.32 Å². The molecule has 2 amide bonds. The van der Waals surface area contributed by atoms with E-state index >= 15 is 0 Å². The molecule has 0 saturated heterocycles. The summed E-state index contributed by atoms with van der Waals surface area (Å²) in [7, 11) is 1.56.